The Balaban J connectivity index is 1.56. The van der Waals surface area contributed by atoms with E-state index >= 15 is 0 Å². The van der Waals surface area contributed by atoms with Crippen molar-refractivity contribution in [1.82, 2.24) is 4.57 Å². The van der Waals surface area contributed by atoms with Gasteiger partial charge in [-0.3, -0.25) is 0 Å². The Morgan fingerprint density at radius 3 is 2.54 bits per heavy atom. The average molecular weight is 451 g/mol. The first-order chi connectivity index (χ1) is 17.2. The first kappa shape index (κ1) is 19.9. The topological polar surface area (TPSA) is 41.9 Å². The fourth-order valence-electron chi connectivity index (χ4n) is 5.71. The van der Waals surface area contributed by atoms with Crippen molar-refractivity contribution in [2.45, 2.75) is 19.3 Å². The molecule has 1 aliphatic carbocycles. The Bertz CT molecular complexity index is 1860. The molecule has 0 saturated carbocycles. The zero-order valence-corrected chi connectivity index (χ0v) is 19.3. The van der Waals surface area contributed by atoms with Crippen molar-refractivity contribution in [2.75, 3.05) is 0 Å². The van der Waals surface area contributed by atoms with E-state index in [0.717, 1.165) is 50.7 Å². The molecule has 1 unspecified atom stereocenters. The van der Waals surface area contributed by atoms with Crippen LogP contribution in [0.15, 0.2) is 95.4 Å². The number of allylic oxidation sites excluding steroid dienone is 1. The Morgan fingerprint density at radius 2 is 1.66 bits per heavy atom. The number of hydrogen-bond donors (Lipinski definition) is 0. The van der Waals surface area contributed by atoms with Gasteiger partial charge in [-0.1, -0.05) is 67.6 Å². The molecule has 1 atom stereocenters. The van der Waals surface area contributed by atoms with Crippen LogP contribution in [0.3, 0.4) is 0 Å². The summed E-state index contributed by atoms with van der Waals surface area (Å²) in [4.78, 5) is 0. The maximum Gasteiger partial charge on any atom is 0.136 e. The van der Waals surface area contributed by atoms with Crippen LogP contribution >= 0.6 is 0 Å². The molecule has 0 saturated heterocycles. The number of furan rings is 1. The second kappa shape index (κ2) is 7.48. The number of para-hydroxylation sites is 3. The van der Waals surface area contributed by atoms with Gasteiger partial charge in [-0.15, -0.1) is 0 Å². The monoisotopic (exact) mass is 450 g/mol. The van der Waals surface area contributed by atoms with Gasteiger partial charge in [0.15, 0.2) is 0 Å². The van der Waals surface area contributed by atoms with Crippen LogP contribution in [0.25, 0.3) is 55.7 Å². The fourth-order valence-corrected chi connectivity index (χ4v) is 5.71. The Morgan fingerprint density at radius 1 is 0.857 bits per heavy atom. The second-order valence-electron chi connectivity index (χ2n) is 9.31. The summed E-state index contributed by atoms with van der Waals surface area (Å²) in [6, 6.07) is 31.5. The molecular weight excluding hydrogens is 428 g/mol. The summed E-state index contributed by atoms with van der Waals surface area (Å²) in [5.74, 6) is 0.422. The van der Waals surface area contributed by atoms with Crippen LogP contribution in [-0.4, -0.2) is 4.57 Å². The van der Waals surface area contributed by atoms with E-state index in [-0.39, 0.29) is 0 Å². The van der Waals surface area contributed by atoms with E-state index in [1.807, 2.05) is 30.3 Å². The molecule has 166 valence electrons. The number of fused-ring (bicyclic) bond motifs is 6. The number of rotatable bonds is 2. The van der Waals surface area contributed by atoms with E-state index in [1.54, 1.807) is 0 Å². The molecule has 7 rings (SSSR count). The molecule has 6 aromatic rings. The third-order valence-electron chi connectivity index (χ3n) is 7.28. The van der Waals surface area contributed by atoms with E-state index in [1.165, 1.54) is 16.6 Å². The van der Waals surface area contributed by atoms with Gasteiger partial charge in [0.1, 0.15) is 17.2 Å². The van der Waals surface area contributed by atoms with Crippen molar-refractivity contribution in [3.63, 3.8) is 0 Å². The minimum atomic E-state index is 0.422. The van der Waals surface area contributed by atoms with Gasteiger partial charge in [0.2, 0.25) is 0 Å². The Hall–Kier alpha value is -4.55. The summed E-state index contributed by atoms with van der Waals surface area (Å²) in [5.41, 5.74) is 9.01. The molecule has 3 heteroatoms. The molecule has 0 fully saturated rings. The first-order valence-electron chi connectivity index (χ1n) is 12.0. The minimum Gasteiger partial charge on any atom is -0.456 e. The summed E-state index contributed by atoms with van der Waals surface area (Å²) in [6.45, 7) is 2.28. The van der Waals surface area contributed by atoms with Crippen molar-refractivity contribution in [3.8, 4) is 22.9 Å². The van der Waals surface area contributed by atoms with E-state index < -0.39 is 0 Å². The molecule has 0 aliphatic heterocycles. The molecule has 2 heterocycles. The molecule has 2 aromatic heterocycles. The van der Waals surface area contributed by atoms with Crippen LogP contribution < -0.4 is 0 Å². The number of nitriles is 1. The molecule has 0 amide bonds. The van der Waals surface area contributed by atoms with Gasteiger partial charge in [0.05, 0.1) is 22.5 Å². The number of hydrogen-bond acceptors (Lipinski definition) is 2. The summed E-state index contributed by atoms with van der Waals surface area (Å²) < 4.78 is 8.48. The van der Waals surface area contributed by atoms with Gasteiger partial charge in [-0.25, -0.2) is 0 Å². The van der Waals surface area contributed by atoms with Crippen LogP contribution in [0, 0.1) is 11.3 Å². The molecule has 3 nitrogen and oxygen atoms in total. The smallest absolute Gasteiger partial charge is 0.136 e. The average Bonchev–Trinajstić information content (AvgIpc) is 3.44. The second-order valence-corrected chi connectivity index (χ2v) is 9.31. The van der Waals surface area contributed by atoms with E-state index in [4.69, 9.17) is 4.42 Å². The quantitative estimate of drug-likeness (QED) is 0.265. The van der Waals surface area contributed by atoms with Crippen LogP contribution in [0.4, 0.5) is 0 Å². The predicted molar refractivity (Wildman–Crippen MR) is 143 cm³/mol. The zero-order chi connectivity index (χ0) is 23.5. The summed E-state index contributed by atoms with van der Waals surface area (Å²) in [5, 5.41) is 13.7. The van der Waals surface area contributed by atoms with Gasteiger partial charge >= 0.3 is 0 Å². The normalized spacial score (nSPS) is 15.0. The molecule has 1 aliphatic rings. The molecular formula is C32H22N2O. The first-order valence-corrected chi connectivity index (χ1v) is 12.0. The van der Waals surface area contributed by atoms with Crippen molar-refractivity contribution in [2.24, 2.45) is 0 Å². The van der Waals surface area contributed by atoms with Crippen LogP contribution in [0.2, 0.25) is 0 Å². The number of benzene rings is 4. The molecule has 0 bridgehead atoms. The molecule has 35 heavy (non-hydrogen) atoms. The van der Waals surface area contributed by atoms with E-state index in [0.29, 0.717) is 11.5 Å². The van der Waals surface area contributed by atoms with Crippen LogP contribution in [0.1, 0.15) is 36.1 Å². The van der Waals surface area contributed by atoms with Gasteiger partial charge < -0.3 is 8.98 Å². The van der Waals surface area contributed by atoms with Crippen LogP contribution in [-0.2, 0) is 0 Å². The van der Waals surface area contributed by atoms with E-state index in [9.17, 15) is 5.26 Å². The standard InChI is InChI=1S/C32H22N2O/c1-20-8-6-14-28-31(20)26-11-2-4-13-27(26)34(28)32-22(19-33)9-7-12-23(32)21-16-17-25-24-10-3-5-15-29(24)35-30(25)18-21/h2-7,9-18,20H,8H2,1H3. The molecule has 0 radical (unpaired) electrons. The lowest BCUT2D eigenvalue weighted by Crippen LogP contribution is -2.06. The Kier molecular flexibility index (Phi) is 4.25. The summed E-state index contributed by atoms with van der Waals surface area (Å²) >= 11 is 0. The highest BCUT2D eigenvalue weighted by Crippen LogP contribution is 2.43. The van der Waals surface area contributed by atoms with Crippen molar-refractivity contribution in [1.29, 1.82) is 5.26 Å². The SMILES string of the molecule is CC1CC=Cc2c1c1ccccc1n2-c1c(C#N)cccc1-c1ccc2c(c1)oc1ccccc12. The fraction of sp³-hybridized carbons (Fsp3) is 0.0938. The molecule has 0 spiro atoms. The maximum absolute atomic E-state index is 10.2. The molecule has 4 aromatic carbocycles. The van der Waals surface area contributed by atoms with Crippen molar-refractivity contribution < 1.29 is 4.42 Å². The minimum absolute atomic E-state index is 0.422. The largest absolute Gasteiger partial charge is 0.456 e. The third-order valence-corrected chi connectivity index (χ3v) is 7.28. The van der Waals surface area contributed by atoms with Crippen LogP contribution in [0.5, 0.6) is 0 Å². The van der Waals surface area contributed by atoms with Gasteiger partial charge in [0, 0.05) is 21.7 Å². The highest BCUT2D eigenvalue weighted by atomic mass is 16.3. The zero-order valence-electron chi connectivity index (χ0n) is 19.3. The van der Waals surface area contributed by atoms with Gasteiger partial charge in [-0.2, -0.15) is 5.26 Å². The number of nitrogens with zero attached hydrogens (tertiary/aromatic N) is 2. The lowest BCUT2D eigenvalue weighted by molar-refractivity contribution is 0.669. The lowest BCUT2D eigenvalue weighted by atomic mass is 9.90. The summed E-state index contributed by atoms with van der Waals surface area (Å²) in [7, 11) is 0. The third kappa shape index (κ3) is 2.84. The number of aromatic nitrogens is 1. The predicted octanol–water partition coefficient (Wildman–Crippen LogP) is 8.59. The van der Waals surface area contributed by atoms with Crippen molar-refractivity contribution in [3.05, 3.63) is 108 Å². The van der Waals surface area contributed by atoms with E-state index in [2.05, 4.69) is 84.3 Å². The Labute approximate surface area is 203 Å². The molecule has 0 N–H and O–H groups in total. The maximum atomic E-state index is 10.2. The lowest BCUT2D eigenvalue weighted by Gasteiger charge is -2.19. The van der Waals surface area contributed by atoms with Gasteiger partial charge in [-0.05, 0) is 59.9 Å². The summed E-state index contributed by atoms with van der Waals surface area (Å²) in [6.07, 6.45) is 5.49. The van der Waals surface area contributed by atoms with Gasteiger partial charge in [0.25, 0.3) is 0 Å². The highest BCUT2D eigenvalue weighted by molar-refractivity contribution is 6.06. The van der Waals surface area contributed by atoms with Crippen molar-refractivity contribution >= 4 is 38.9 Å². The highest BCUT2D eigenvalue weighted by Gasteiger charge is 2.25.